The molecule has 0 aliphatic heterocycles. The molecule has 1 aromatic rings. The van der Waals surface area contributed by atoms with Gasteiger partial charge in [-0.05, 0) is 56.3 Å². The van der Waals surface area contributed by atoms with Crippen molar-refractivity contribution in [2.45, 2.75) is 51.5 Å². The normalized spacial score (nSPS) is 18.7. The van der Waals surface area contributed by atoms with E-state index in [9.17, 15) is 5.11 Å². The Bertz CT molecular complexity index is 341. The van der Waals surface area contributed by atoms with Crippen molar-refractivity contribution in [2.75, 3.05) is 6.54 Å². The van der Waals surface area contributed by atoms with E-state index in [2.05, 4.69) is 12.2 Å². The number of nitrogens with one attached hydrogen (secondary N) is 1. The van der Waals surface area contributed by atoms with Crippen molar-refractivity contribution >= 4 is 0 Å². The molecular formula is C16H25NO. The Morgan fingerprint density at radius 2 is 1.83 bits per heavy atom. The second-order valence-corrected chi connectivity index (χ2v) is 5.56. The summed E-state index contributed by atoms with van der Waals surface area (Å²) in [6.45, 7) is 3.36. The Morgan fingerprint density at radius 3 is 2.50 bits per heavy atom. The minimum atomic E-state index is 0.349. The third kappa shape index (κ3) is 4.02. The summed E-state index contributed by atoms with van der Waals surface area (Å²) < 4.78 is 0. The van der Waals surface area contributed by atoms with Crippen LogP contribution in [0.15, 0.2) is 24.3 Å². The van der Waals surface area contributed by atoms with Crippen LogP contribution in [0.1, 0.15) is 44.6 Å². The lowest BCUT2D eigenvalue weighted by Crippen LogP contribution is -2.35. The van der Waals surface area contributed by atoms with E-state index in [4.69, 9.17) is 0 Å². The SMILES string of the molecule is CC(NCCc1ccc(O)cc1)C1CCCCC1. The largest absolute Gasteiger partial charge is 0.508 e. The van der Waals surface area contributed by atoms with E-state index in [1.54, 1.807) is 12.1 Å². The first kappa shape index (κ1) is 13.4. The zero-order valence-electron chi connectivity index (χ0n) is 11.4. The fraction of sp³-hybridized carbons (Fsp3) is 0.625. The summed E-state index contributed by atoms with van der Waals surface area (Å²) in [5, 5.41) is 12.9. The summed E-state index contributed by atoms with van der Waals surface area (Å²) in [4.78, 5) is 0. The van der Waals surface area contributed by atoms with Crippen LogP contribution in [0.25, 0.3) is 0 Å². The number of phenols is 1. The molecule has 0 saturated heterocycles. The first-order valence-electron chi connectivity index (χ1n) is 7.27. The van der Waals surface area contributed by atoms with Crippen LogP contribution in [0.5, 0.6) is 5.75 Å². The van der Waals surface area contributed by atoms with Crippen LogP contribution in [0.3, 0.4) is 0 Å². The highest BCUT2D eigenvalue weighted by molar-refractivity contribution is 5.25. The molecule has 0 aromatic heterocycles. The molecule has 2 nitrogen and oxygen atoms in total. The topological polar surface area (TPSA) is 32.3 Å². The standard InChI is InChI=1S/C16H25NO/c1-13(15-5-3-2-4-6-15)17-12-11-14-7-9-16(18)10-8-14/h7-10,13,15,17-18H,2-6,11-12H2,1H3. The van der Waals surface area contributed by atoms with E-state index >= 15 is 0 Å². The molecule has 1 aliphatic carbocycles. The molecule has 0 spiro atoms. The van der Waals surface area contributed by atoms with Gasteiger partial charge in [-0.1, -0.05) is 31.4 Å². The maximum absolute atomic E-state index is 9.22. The Morgan fingerprint density at radius 1 is 1.17 bits per heavy atom. The van der Waals surface area contributed by atoms with Gasteiger partial charge in [-0.3, -0.25) is 0 Å². The van der Waals surface area contributed by atoms with Gasteiger partial charge in [0.15, 0.2) is 0 Å². The molecule has 2 heteroatoms. The zero-order valence-corrected chi connectivity index (χ0v) is 11.4. The number of hydrogen-bond acceptors (Lipinski definition) is 2. The van der Waals surface area contributed by atoms with Crippen molar-refractivity contribution in [3.63, 3.8) is 0 Å². The Kier molecular flexibility index (Phi) is 5.06. The van der Waals surface area contributed by atoms with Crippen molar-refractivity contribution in [2.24, 2.45) is 5.92 Å². The van der Waals surface area contributed by atoms with Crippen LogP contribution in [-0.2, 0) is 6.42 Å². The molecule has 1 saturated carbocycles. The van der Waals surface area contributed by atoms with E-state index < -0.39 is 0 Å². The van der Waals surface area contributed by atoms with Crippen LogP contribution in [0.4, 0.5) is 0 Å². The van der Waals surface area contributed by atoms with Gasteiger partial charge in [-0.25, -0.2) is 0 Å². The van der Waals surface area contributed by atoms with E-state index in [-0.39, 0.29) is 0 Å². The molecule has 0 heterocycles. The smallest absolute Gasteiger partial charge is 0.115 e. The second-order valence-electron chi connectivity index (χ2n) is 5.56. The predicted molar refractivity (Wildman–Crippen MR) is 75.9 cm³/mol. The van der Waals surface area contributed by atoms with Gasteiger partial charge >= 0.3 is 0 Å². The van der Waals surface area contributed by atoms with Gasteiger partial charge in [-0.2, -0.15) is 0 Å². The molecule has 1 unspecified atom stereocenters. The number of benzene rings is 1. The molecule has 0 radical (unpaired) electrons. The first-order valence-corrected chi connectivity index (χ1v) is 7.27. The van der Waals surface area contributed by atoms with Crippen molar-refractivity contribution in [3.8, 4) is 5.75 Å². The minimum Gasteiger partial charge on any atom is -0.508 e. The average Bonchev–Trinajstić information content (AvgIpc) is 2.42. The minimum absolute atomic E-state index is 0.349. The summed E-state index contributed by atoms with van der Waals surface area (Å²) in [7, 11) is 0. The summed E-state index contributed by atoms with van der Waals surface area (Å²) in [5.41, 5.74) is 1.29. The fourth-order valence-electron chi connectivity index (χ4n) is 2.91. The number of aromatic hydroxyl groups is 1. The lowest BCUT2D eigenvalue weighted by Gasteiger charge is -2.28. The van der Waals surface area contributed by atoms with Crippen molar-refractivity contribution < 1.29 is 5.11 Å². The van der Waals surface area contributed by atoms with Gasteiger partial charge in [0.1, 0.15) is 5.75 Å². The fourth-order valence-corrected chi connectivity index (χ4v) is 2.91. The van der Waals surface area contributed by atoms with Crippen LogP contribution in [0, 0.1) is 5.92 Å². The van der Waals surface area contributed by atoms with E-state index in [1.165, 1.54) is 37.7 Å². The highest BCUT2D eigenvalue weighted by atomic mass is 16.3. The molecule has 1 aromatic carbocycles. The molecular weight excluding hydrogens is 222 g/mol. The summed E-state index contributed by atoms with van der Waals surface area (Å²) >= 11 is 0. The summed E-state index contributed by atoms with van der Waals surface area (Å²) in [5.74, 6) is 1.22. The Labute approximate surface area is 110 Å². The lowest BCUT2D eigenvalue weighted by molar-refractivity contribution is 0.283. The van der Waals surface area contributed by atoms with Gasteiger partial charge in [-0.15, -0.1) is 0 Å². The van der Waals surface area contributed by atoms with Gasteiger partial charge < -0.3 is 10.4 Å². The first-order chi connectivity index (χ1) is 8.75. The maximum Gasteiger partial charge on any atom is 0.115 e. The Hall–Kier alpha value is -1.02. The van der Waals surface area contributed by atoms with E-state index in [0.29, 0.717) is 11.8 Å². The maximum atomic E-state index is 9.22. The molecule has 1 atom stereocenters. The molecule has 2 N–H and O–H groups in total. The molecule has 100 valence electrons. The highest BCUT2D eigenvalue weighted by Crippen LogP contribution is 2.26. The second kappa shape index (κ2) is 6.79. The molecule has 2 rings (SSSR count). The molecule has 1 fully saturated rings. The number of hydrogen-bond donors (Lipinski definition) is 2. The van der Waals surface area contributed by atoms with E-state index in [1.807, 2.05) is 12.1 Å². The predicted octanol–water partition coefficient (Wildman–Crippen LogP) is 3.49. The highest BCUT2D eigenvalue weighted by Gasteiger charge is 2.19. The van der Waals surface area contributed by atoms with Gasteiger partial charge in [0.05, 0.1) is 0 Å². The van der Waals surface area contributed by atoms with Crippen molar-refractivity contribution in [3.05, 3.63) is 29.8 Å². The molecule has 18 heavy (non-hydrogen) atoms. The van der Waals surface area contributed by atoms with Crippen LogP contribution >= 0.6 is 0 Å². The molecule has 1 aliphatic rings. The van der Waals surface area contributed by atoms with Gasteiger partial charge in [0.25, 0.3) is 0 Å². The Balaban J connectivity index is 1.69. The van der Waals surface area contributed by atoms with Crippen LogP contribution in [0.2, 0.25) is 0 Å². The third-order valence-corrected chi connectivity index (χ3v) is 4.17. The van der Waals surface area contributed by atoms with Gasteiger partial charge in [0.2, 0.25) is 0 Å². The van der Waals surface area contributed by atoms with Crippen LogP contribution < -0.4 is 5.32 Å². The van der Waals surface area contributed by atoms with Crippen molar-refractivity contribution in [1.29, 1.82) is 0 Å². The molecule has 0 bridgehead atoms. The summed E-state index contributed by atoms with van der Waals surface area (Å²) in [6, 6.07) is 8.17. The third-order valence-electron chi connectivity index (χ3n) is 4.17. The number of phenolic OH excluding ortho intramolecular Hbond substituents is 1. The quantitative estimate of drug-likeness (QED) is 0.834. The lowest BCUT2D eigenvalue weighted by atomic mass is 9.84. The van der Waals surface area contributed by atoms with E-state index in [0.717, 1.165) is 18.9 Å². The van der Waals surface area contributed by atoms with Crippen LogP contribution in [-0.4, -0.2) is 17.7 Å². The van der Waals surface area contributed by atoms with Crippen molar-refractivity contribution in [1.82, 2.24) is 5.32 Å². The monoisotopic (exact) mass is 247 g/mol. The molecule has 0 amide bonds. The zero-order chi connectivity index (χ0) is 12.8. The van der Waals surface area contributed by atoms with Gasteiger partial charge in [0, 0.05) is 6.04 Å². The number of rotatable bonds is 5. The average molecular weight is 247 g/mol. The summed E-state index contributed by atoms with van der Waals surface area (Å²) in [6.07, 6.45) is 8.08.